The lowest BCUT2D eigenvalue weighted by atomic mass is 10.1. The Morgan fingerprint density at radius 3 is 2.56 bits per heavy atom. The van der Waals surface area contributed by atoms with Crippen molar-refractivity contribution < 1.29 is 19.1 Å². The number of carbonyl (C=O) groups is 2. The summed E-state index contributed by atoms with van der Waals surface area (Å²) >= 11 is 0. The van der Waals surface area contributed by atoms with Crippen molar-refractivity contribution in [2.24, 2.45) is 5.92 Å². The van der Waals surface area contributed by atoms with Gasteiger partial charge in [0, 0.05) is 18.8 Å². The third kappa shape index (κ3) is 4.22. The van der Waals surface area contributed by atoms with Crippen LogP contribution < -0.4 is 19.7 Å². The second kappa shape index (κ2) is 8.58. The van der Waals surface area contributed by atoms with Gasteiger partial charge in [0.25, 0.3) is 0 Å². The molecule has 2 aromatic rings. The Kier molecular flexibility index (Phi) is 5.96. The second-order valence-electron chi connectivity index (χ2n) is 6.40. The monoisotopic (exact) mass is 368 g/mol. The molecule has 0 aliphatic carbocycles. The number of benzene rings is 2. The molecular weight excluding hydrogens is 344 g/mol. The van der Waals surface area contributed by atoms with E-state index in [9.17, 15) is 9.59 Å². The molecular formula is C21H24N2O4. The quantitative estimate of drug-likeness (QED) is 0.762. The topological polar surface area (TPSA) is 67.9 Å². The Morgan fingerprint density at radius 2 is 1.85 bits per heavy atom. The third-order valence-electron chi connectivity index (χ3n) is 4.75. The maximum absolute atomic E-state index is 12.6. The zero-order valence-corrected chi connectivity index (χ0v) is 15.6. The van der Waals surface area contributed by atoms with E-state index in [4.69, 9.17) is 9.47 Å². The highest BCUT2D eigenvalue weighted by Gasteiger charge is 2.37. The molecule has 0 aromatic heterocycles. The molecule has 6 nitrogen and oxygen atoms in total. The van der Waals surface area contributed by atoms with Crippen molar-refractivity contribution in [1.82, 2.24) is 5.32 Å². The number of hydrogen-bond donors (Lipinski definition) is 1. The minimum Gasteiger partial charge on any atom is -0.493 e. The van der Waals surface area contributed by atoms with Crippen LogP contribution >= 0.6 is 0 Å². The van der Waals surface area contributed by atoms with Crippen molar-refractivity contribution in [3.63, 3.8) is 0 Å². The molecule has 6 heteroatoms. The highest BCUT2D eigenvalue weighted by molar-refractivity contribution is 6.09. The maximum Gasteiger partial charge on any atom is 0.239 e. The molecule has 1 aliphatic rings. The van der Waals surface area contributed by atoms with Crippen molar-refractivity contribution in [3.05, 3.63) is 54.1 Å². The fourth-order valence-corrected chi connectivity index (χ4v) is 3.28. The van der Waals surface area contributed by atoms with Gasteiger partial charge in [0.05, 0.1) is 14.2 Å². The van der Waals surface area contributed by atoms with Crippen molar-refractivity contribution >= 4 is 17.5 Å². The maximum atomic E-state index is 12.6. The third-order valence-corrected chi connectivity index (χ3v) is 4.75. The molecule has 0 radical (unpaired) electrons. The predicted octanol–water partition coefficient (Wildman–Crippen LogP) is 2.42. The van der Waals surface area contributed by atoms with Gasteiger partial charge in [-0.3, -0.25) is 9.59 Å². The molecule has 1 fully saturated rings. The van der Waals surface area contributed by atoms with Crippen LogP contribution in [0.15, 0.2) is 48.5 Å². The molecule has 1 aliphatic heterocycles. The van der Waals surface area contributed by atoms with Crippen LogP contribution in [0.5, 0.6) is 11.5 Å². The van der Waals surface area contributed by atoms with E-state index in [2.05, 4.69) is 5.32 Å². The number of ether oxygens (including phenoxy) is 2. The van der Waals surface area contributed by atoms with Gasteiger partial charge in [0.1, 0.15) is 5.92 Å². The normalized spacial score (nSPS) is 16.3. The second-order valence-corrected chi connectivity index (χ2v) is 6.40. The Balaban J connectivity index is 1.53. The van der Waals surface area contributed by atoms with E-state index in [1.165, 1.54) is 0 Å². The first-order chi connectivity index (χ1) is 13.1. The first kappa shape index (κ1) is 18.8. The Morgan fingerprint density at radius 1 is 1.11 bits per heavy atom. The Labute approximate surface area is 159 Å². The van der Waals surface area contributed by atoms with E-state index < -0.39 is 5.92 Å². The van der Waals surface area contributed by atoms with Crippen molar-refractivity contribution in [1.29, 1.82) is 0 Å². The molecule has 27 heavy (non-hydrogen) atoms. The molecule has 0 spiro atoms. The van der Waals surface area contributed by atoms with Crippen molar-refractivity contribution in [3.8, 4) is 11.5 Å². The van der Waals surface area contributed by atoms with Crippen LogP contribution in [0.2, 0.25) is 0 Å². The van der Waals surface area contributed by atoms with Crippen LogP contribution in [-0.2, 0) is 16.0 Å². The summed E-state index contributed by atoms with van der Waals surface area (Å²) in [6.07, 6.45) is 1.19. The molecule has 2 amide bonds. The zero-order valence-electron chi connectivity index (χ0n) is 15.6. The van der Waals surface area contributed by atoms with Gasteiger partial charge in [-0.2, -0.15) is 0 Å². The number of rotatable bonds is 7. The number of nitrogens with zero attached hydrogens (tertiary/aromatic N) is 1. The lowest BCUT2D eigenvalue weighted by Crippen LogP contribution is -2.37. The smallest absolute Gasteiger partial charge is 0.239 e. The molecule has 3 rings (SSSR count). The van der Waals surface area contributed by atoms with Crippen LogP contribution in [0, 0.1) is 5.92 Å². The average molecular weight is 368 g/mol. The summed E-state index contributed by atoms with van der Waals surface area (Å²) in [5.41, 5.74) is 1.86. The van der Waals surface area contributed by atoms with Crippen LogP contribution in [0.1, 0.15) is 12.0 Å². The minimum atomic E-state index is -0.615. The van der Waals surface area contributed by atoms with Gasteiger partial charge in [0.15, 0.2) is 11.5 Å². The standard InChI is InChI=1S/C21H24N2O4/c1-26-18-9-8-15(14-19(18)27-2)10-12-22-20(24)17-11-13-23(21(17)25)16-6-4-3-5-7-16/h3-9,14,17H,10-13H2,1-2H3,(H,22,24)/t17-/m1/s1. The number of nitrogens with one attached hydrogen (secondary N) is 1. The highest BCUT2D eigenvalue weighted by atomic mass is 16.5. The molecule has 142 valence electrons. The van der Waals surface area contributed by atoms with E-state index in [1.807, 2.05) is 48.5 Å². The first-order valence-corrected chi connectivity index (χ1v) is 8.99. The molecule has 1 atom stereocenters. The van der Waals surface area contributed by atoms with E-state index in [0.717, 1.165) is 11.3 Å². The molecule has 1 heterocycles. The van der Waals surface area contributed by atoms with Gasteiger partial charge in [-0.25, -0.2) is 0 Å². The summed E-state index contributed by atoms with van der Waals surface area (Å²) in [6, 6.07) is 15.1. The fourth-order valence-electron chi connectivity index (χ4n) is 3.28. The van der Waals surface area contributed by atoms with E-state index >= 15 is 0 Å². The highest BCUT2D eigenvalue weighted by Crippen LogP contribution is 2.28. The van der Waals surface area contributed by atoms with Gasteiger partial charge in [-0.05, 0) is 42.7 Å². The number of amides is 2. The lowest BCUT2D eigenvalue weighted by molar-refractivity contribution is -0.132. The van der Waals surface area contributed by atoms with Crippen LogP contribution in [0.3, 0.4) is 0 Å². The molecule has 2 aromatic carbocycles. The summed E-state index contributed by atoms with van der Waals surface area (Å²) in [5.74, 6) is 0.368. The summed E-state index contributed by atoms with van der Waals surface area (Å²) in [6.45, 7) is 1.03. The molecule has 0 saturated carbocycles. The SMILES string of the molecule is COc1ccc(CCNC(=O)[C@H]2CCN(c3ccccc3)C2=O)cc1OC. The van der Waals surface area contributed by atoms with Gasteiger partial charge >= 0.3 is 0 Å². The van der Waals surface area contributed by atoms with Crippen molar-refractivity contribution in [2.45, 2.75) is 12.8 Å². The molecule has 0 unspecified atom stereocenters. The minimum absolute atomic E-state index is 0.134. The molecule has 1 saturated heterocycles. The summed E-state index contributed by atoms with van der Waals surface area (Å²) in [7, 11) is 3.18. The van der Waals surface area contributed by atoms with E-state index in [-0.39, 0.29) is 11.8 Å². The zero-order chi connectivity index (χ0) is 19.2. The summed E-state index contributed by atoms with van der Waals surface area (Å²) in [4.78, 5) is 26.7. The number of hydrogen-bond acceptors (Lipinski definition) is 4. The Bertz CT molecular complexity index is 807. The average Bonchev–Trinajstić information content (AvgIpc) is 3.09. The van der Waals surface area contributed by atoms with Crippen LogP contribution in [-0.4, -0.2) is 39.1 Å². The van der Waals surface area contributed by atoms with Crippen LogP contribution in [0.4, 0.5) is 5.69 Å². The fraction of sp³-hybridized carbons (Fsp3) is 0.333. The van der Waals surface area contributed by atoms with Gasteiger partial charge in [0.2, 0.25) is 11.8 Å². The first-order valence-electron chi connectivity index (χ1n) is 8.99. The van der Waals surface area contributed by atoms with Crippen molar-refractivity contribution in [2.75, 3.05) is 32.2 Å². The number of carbonyl (C=O) groups excluding carboxylic acids is 2. The summed E-state index contributed by atoms with van der Waals surface area (Å²) in [5, 5.41) is 2.88. The van der Waals surface area contributed by atoms with Gasteiger partial charge in [-0.1, -0.05) is 24.3 Å². The predicted molar refractivity (Wildman–Crippen MR) is 103 cm³/mol. The number of anilines is 1. The number of methoxy groups -OCH3 is 2. The van der Waals surface area contributed by atoms with E-state index in [0.29, 0.717) is 37.4 Å². The number of para-hydroxylation sites is 1. The van der Waals surface area contributed by atoms with Crippen LogP contribution in [0.25, 0.3) is 0 Å². The summed E-state index contributed by atoms with van der Waals surface area (Å²) < 4.78 is 10.5. The largest absolute Gasteiger partial charge is 0.493 e. The molecule has 1 N–H and O–H groups in total. The lowest BCUT2D eigenvalue weighted by Gasteiger charge is -2.16. The Hall–Kier alpha value is -3.02. The van der Waals surface area contributed by atoms with Gasteiger partial charge in [-0.15, -0.1) is 0 Å². The van der Waals surface area contributed by atoms with Gasteiger partial charge < -0.3 is 19.7 Å². The molecule has 0 bridgehead atoms. The van der Waals surface area contributed by atoms with E-state index in [1.54, 1.807) is 19.1 Å².